The first-order valence-corrected chi connectivity index (χ1v) is 16.8. The number of nitrogens with zero attached hydrogens (tertiary/aromatic N) is 3. The van der Waals surface area contributed by atoms with Crippen LogP contribution in [0.4, 0.5) is 0 Å². The van der Waals surface area contributed by atoms with E-state index in [-0.39, 0.29) is 5.41 Å². The van der Waals surface area contributed by atoms with Gasteiger partial charge in [0.25, 0.3) is 0 Å². The summed E-state index contributed by atoms with van der Waals surface area (Å²) < 4.78 is 0. The minimum absolute atomic E-state index is 0.0680. The second-order valence-electron chi connectivity index (χ2n) is 13.3. The van der Waals surface area contributed by atoms with Crippen molar-refractivity contribution in [2.75, 3.05) is 0 Å². The summed E-state index contributed by atoms with van der Waals surface area (Å²) in [7, 11) is 0. The first kappa shape index (κ1) is 29.0. The molecule has 0 saturated carbocycles. The highest BCUT2D eigenvalue weighted by atomic mass is 15.0. The number of aromatic nitrogens is 3. The van der Waals surface area contributed by atoms with Gasteiger partial charge in [-0.25, -0.2) is 15.0 Å². The van der Waals surface area contributed by atoms with E-state index in [1.165, 1.54) is 44.2 Å². The Morgan fingerprint density at radius 3 is 1.37 bits per heavy atom. The normalized spacial score (nSPS) is 12.9. The topological polar surface area (TPSA) is 38.7 Å². The van der Waals surface area contributed by atoms with E-state index in [0.29, 0.717) is 17.5 Å². The van der Waals surface area contributed by atoms with Crippen molar-refractivity contribution in [2.24, 2.45) is 0 Å². The highest BCUT2D eigenvalue weighted by Crippen LogP contribution is 2.51. The van der Waals surface area contributed by atoms with Gasteiger partial charge in [0.2, 0.25) is 0 Å². The van der Waals surface area contributed by atoms with Crippen LogP contribution in [-0.4, -0.2) is 15.0 Å². The minimum atomic E-state index is -0.0680. The number of hydrogen-bond donors (Lipinski definition) is 0. The van der Waals surface area contributed by atoms with Crippen LogP contribution in [0.5, 0.6) is 0 Å². The molecule has 49 heavy (non-hydrogen) atoms. The third-order valence-corrected chi connectivity index (χ3v) is 9.96. The lowest BCUT2D eigenvalue weighted by molar-refractivity contribution is 0.661. The van der Waals surface area contributed by atoms with Crippen LogP contribution < -0.4 is 0 Å². The van der Waals surface area contributed by atoms with Crippen LogP contribution >= 0.6 is 0 Å². The first-order valence-electron chi connectivity index (χ1n) is 16.8. The van der Waals surface area contributed by atoms with Crippen LogP contribution in [0.3, 0.4) is 0 Å². The third-order valence-electron chi connectivity index (χ3n) is 9.96. The fourth-order valence-corrected chi connectivity index (χ4v) is 7.31. The maximum absolute atomic E-state index is 5.12. The van der Waals surface area contributed by atoms with E-state index in [1.807, 2.05) is 12.1 Å². The van der Waals surface area contributed by atoms with Crippen molar-refractivity contribution in [3.05, 3.63) is 175 Å². The van der Waals surface area contributed by atoms with Gasteiger partial charge in [-0.3, -0.25) is 0 Å². The van der Waals surface area contributed by atoms with Crippen molar-refractivity contribution in [3.8, 4) is 67.5 Å². The molecule has 0 saturated heterocycles. The summed E-state index contributed by atoms with van der Waals surface area (Å²) in [4.78, 5) is 15.3. The molecule has 1 aliphatic rings. The van der Waals surface area contributed by atoms with Crippen LogP contribution in [0.25, 0.3) is 78.3 Å². The van der Waals surface area contributed by atoms with E-state index in [4.69, 9.17) is 15.0 Å². The van der Waals surface area contributed by atoms with Crippen molar-refractivity contribution < 1.29 is 0 Å². The van der Waals surface area contributed by atoms with Crippen molar-refractivity contribution in [3.63, 3.8) is 0 Å². The SMILES string of the molecule is CC1(C)c2ccccc2-c2c1ccc1ccc(-c3nc(-c4ccc(-c5ccccc5)cc4)nc(-c4ccc(-c5ccccc5)cc4)n3)cc21. The molecule has 0 N–H and O–H groups in total. The maximum Gasteiger partial charge on any atom is 0.164 e. The number of fused-ring (bicyclic) bond motifs is 5. The van der Waals surface area contributed by atoms with Gasteiger partial charge in [0.05, 0.1) is 0 Å². The van der Waals surface area contributed by atoms with Gasteiger partial charge < -0.3 is 0 Å². The number of hydrogen-bond acceptors (Lipinski definition) is 3. The Labute approximate surface area is 286 Å². The van der Waals surface area contributed by atoms with Gasteiger partial charge in [0.1, 0.15) is 0 Å². The molecular weight excluding hydrogens is 595 g/mol. The monoisotopic (exact) mass is 627 g/mol. The molecule has 8 aromatic rings. The molecule has 7 aromatic carbocycles. The molecule has 0 fully saturated rings. The van der Waals surface area contributed by atoms with Crippen molar-refractivity contribution in [1.82, 2.24) is 15.0 Å². The highest BCUT2D eigenvalue weighted by Gasteiger charge is 2.36. The summed E-state index contributed by atoms with van der Waals surface area (Å²) in [6.07, 6.45) is 0. The maximum atomic E-state index is 5.12. The van der Waals surface area contributed by atoms with Gasteiger partial charge in [-0.05, 0) is 61.3 Å². The molecule has 0 amide bonds. The molecule has 0 aliphatic heterocycles. The van der Waals surface area contributed by atoms with E-state index in [1.54, 1.807) is 0 Å². The molecule has 0 atom stereocenters. The molecule has 0 radical (unpaired) electrons. The van der Waals surface area contributed by atoms with Gasteiger partial charge in [-0.1, -0.05) is 172 Å². The average Bonchev–Trinajstić information content (AvgIpc) is 3.41. The molecule has 0 unspecified atom stereocenters. The van der Waals surface area contributed by atoms with E-state index in [9.17, 15) is 0 Å². The lowest BCUT2D eigenvalue weighted by atomic mass is 9.82. The van der Waals surface area contributed by atoms with Crippen LogP contribution in [-0.2, 0) is 5.41 Å². The van der Waals surface area contributed by atoms with Crippen molar-refractivity contribution in [1.29, 1.82) is 0 Å². The predicted molar refractivity (Wildman–Crippen MR) is 202 cm³/mol. The van der Waals surface area contributed by atoms with Crippen molar-refractivity contribution >= 4 is 10.8 Å². The third kappa shape index (κ3) is 5.03. The molecule has 0 bridgehead atoms. The first-order chi connectivity index (χ1) is 24.0. The Balaban J connectivity index is 1.19. The van der Waals surface area contributed by atoms with Gasteiger partial charge in [0, 0.05) is 22.1 Å². The molecule has 0 spiro atoms. The number of benzene rings is 7. The largest absolute Gasteiger partial charge is 0.208 e. The lowest BCUT2D eigenvalue weighted by Gasteiger charge is -2.21. The van der Waals surface area contributed by atoms with E-state index >= 15 is 0 Å². The minimum Gasteiger partial charge on any atom is -0.208 e. The second-order valence-corrected chi connectivity index (χ2v) is 13.3. The quantitative estimate of drug-likeness (QED) is 0.191. The second kappa shape index (κ2) is 11.5. The summed E-state index contributed by atoms with van der Waals surface area (Å²) in [5.74, 6) is 1.96. The molecule has 232 valence electrons. The Morgan fingerprint density at radius 2 is 0.796 bits per heavy atom. The Bertz CT molecular complexity index is 2380. The lowest BCUT2D eigenvalue weighted by Crippen LogP contribution is -2.14. The van der Waals surface area contributed by atoms with Gasteiger partial charge in [-0.2, -0.15) is 0 Å². The Hall–Kier alpha value is -6.19. The van der Waals surface area contributed by atoms with Crippen LogP contribution in [0, 0.1) is 0 Å². The fourth-order valence-electron chi connectivity index (χ4n) is 7.31. The van der Waals surface area contributed by atoms with E-state index in [2.05, 4.69) is 166 Å². The zero-order chi connectivity index (χ0) is 33.0. The number of rotatable bonds is 5. The molecule has 1 aliphatic carbocycles. The Kier molecular flexibility index (Phi) is 6.80. The van der Waals surface area contributed by atoms with Crippen molar-refractivity contribution in [2.45, 2.75) is 19.3 Å². The molecule has 3 heteroatoms. The predicted octanol–water partition coefficient (Wildman–Crippen LogP) is 11.7. The molecular formula is C46H33N3. The van der Waals surface area contributed by atoms with Gasteiger partial charge >= 0.3 is 0 Å². The fraction of sp³-hybridized carbons (Fsp3) is 0.0652. The zero-order valence-electron chi connectivity index (χ0n) is 27.4. The average molecular weight is 628 g/mol. The summed E-state index contributed by atoms with van der Waals surface area (Å²) in [5.41, 5.74) is 12.8. The van der Waals surface area contributed by atoms with E-state index < -0.39 is 0 Å². The van der Waals surface area contributed by atoms with Gasteiger partial charge in [-0.15, -0.1) is 0 Å². The highest BCUT2D eigenvalue weighted by molar-refractivity contribution is 6.03. The molecule has 3 nitrogen and oxygen atoms in total. The van der Waals surface area contributed by atoms with E-state index in [0.717, 1.165) is 27.8 Å². The molecule has 1 aromatic heterocycles. The molecule has 9 rings (SSSR count). The summed E-state index contributed by atoms with van der Waals surface area (Å²) >= 11 is 0. The standard InChI is InChI=1S/C46H33N3/c1-46(2)40-16-10-9-15-38(40)42-39-29-37(26-21-34(39)27-28-41(42)46)45-48-43(35-22-17-32(18-23-35)30-11-5-3-6-12-30)47-44(49-45)36-24-19-33(20-25-36)31-13-7-4-8-14-31/h3-29H,1-2H3. The molecule has 1 heterocycles. The smallest absolute Gasteiger partial charge is 0.164 e. The van der Waals surface area contributed by atoms with Crippen LogP contribution in [0.1, 0.15) is 25.0 Å². The summed E-state index contributed by atoms with van der Waals surface area (Å²) in [5, 5.41) is 2.42. The van der Waals surface area contributed by atoms with Crippen LogP contribution in [0.15, 0.2) is 164 Å². The zero-order valence-corrected chi connectivity index (χ0v) is 27.4. The van der Waals surface area contributed by atoms with Crippen LogP contribution in [0.2, 0.25) is 0 Å². The summed E-state index contributed by atoms with van der Waals surface area (Å²) in [6, 6.07) is 57.8. The summed E-state index contributed by atoms with van der Waals surface area (Å²) in [6.45, 7) is 4.65. The van der Waals surface area contributed by atoms with Gasteiger partial charge in [0.15, 0.2) is 17.5 Å². The Morgan fingerprint density at radius 1 is 0.367 bits per heavy atom.